The van der Waals surface area contributed by atoms with Crippen LogP contribution >= 0.6 is 0 Å². The van der Waals surface area contributed by atoms with Crippen molar-refractivity contribution in [3.63, 3.8) is 0 Å². The standard InChI is InChI=1S/C14H19N3/c15-10-5-7-11(8-6-10)17-14-9-16-13-4-2-1-3-12(13)14/h1-4,9-11,16-17H,5-8,15H2. The van der Waals surface area contributed by atoms with E-state index in [-0.39, 0.29) is 0 Å². The van der Waals surface area contributed by atoms with Gasteiger partial charge in [-0.1, -0.05) is 18.2 Å². The Bertz CT molecular complexity index is 495. The second-order valence-electron chi connectivity index (χ2n) is 5.00. The molecular formula is C14H19N3. The molecule has 0 amide bonds. The molecule has 1 heterocycles. The predicted octanol–water partition coefficient (Wildman–Crippen LogP) is 2.85. The Labute approximate surface area is 101 Å². The monoisotopic (exact) mass is 229 g/mol. The number of nitrogens with one attached hydrogen (secondary N) is 2. The number of hydrogen-bond acceptors (Lipinski definition) is 2. The van der Waals surface area contributed by atoms with Crippen LogP contribution in [0.25, 0.3) is 10.9 Å². The largest absolute Gasteiger partial charge is 0.381 e. The van der Waals surface area contributed by atoms with E-state index >= 15 is 0 Å². The lowest BCUT2D eigenvalue weighted by Crippen LogP contribution is -2.32. The Kier molecular flexibility index (Phi) is 2.77. The molecule has 3 rings (SSSR count). The summed E-state index contributed by atoms with van der Waals surface area (Å²) in [7, 11) is 0. The average molecular weight is 229 g/mol. The lowest BCUT2D eigenvalue weighted by atomic mass is 9.91. The van der Waals surface area contributed by atoms with Crippen LogP contribution in [-0.2, 0) is 0 Å². The molecule has 0 unspecified atom stereocenters. The maximum absolute atomic E-state index is 5.93. The highest BCUT2D eigenvalue weighted by molar-refractivity contribution is 5.92. The van der Waals surface area contributed by atoms with E-state index < -0.39 is 0 Å². The number of fused-ring (bicyclic) bond motifs is 1. The molecule has 0 radical (unpaired) electrons. The second kappa shape index (κ2) is 4.41. The average Bonchev–Trinajstić information content (AvgIpc) is 2.76. The predicted molar refractivity (Wildman–Crippen MR) is 72.2 cm³/mol. The van der Waals surface area contributed by atoms with Gasteiger partial charge in [-0.25, -0.2) is 0 Å². The summed E-state index contributed by atoms with van der Waals surface area (Å²) in [4.78, 5) is 3.30. The lowest BCUT2D eigenvalue weighted by molar-refractivity contribution is 0.411. The number of H-pyrrole nitrogens is 1. The van der Waals surface area contributed by atoms with Crippen LogP contribution in [0.4, 0.5) is 5.69 Å². The van der Waals surface area contributed by atoms with E-state index in [1.54, 1.807) is 0 Å². The number of benzene rings is 1. The summed E-state index contributed by atoms with van der Waals surface area (Å²) in [5, 5.41) is 4.92. The van der Waals surface area contributed by atoms with Gasteiger partial charge in [0.25, 0.3) is 0 Å². The van der Waals surface area contributed by atoms with Crippen molar-refractivity contribution in [1.82, 2.24) is 4.98 Å². The van der Waals surface area contributed by atoms with E-state index in [0.29, 0.717) is 12.1 Å². The molecule has 0 spiro atoms. The summed E-state index contributed by atoms with van der Waals surface area (Å²) < 4.78 is 0. The molecule has 4 N–H and O–H groups in total. The first kappa shape index (κ1) is 10.7. The van der Waals surface area contributed by atoms with E-state index in [0.717, 1.165) is 12.8 Å². The number of aromatic amines is 1. The highest BCUT2D eigenvalue weighted by Crippen LogP contribution is 2.26. The molecule has 1 aliphatic carbocycles. The summed E-state index contributed by atoms with van der Waals surface area (Å²) >= 11 is 0. The fourth-order valence-corrected chi connectivity index (χ4v) is 2.67. The summed E-state index contributed by atoms with van der Waals surface area (Å²) in [5.74, 6) is 0. The van der Waals surface area contributed by atoms with Crippen LogP contribution in [-0.4, -0.2) is 17.1 Å². The van der Waals surface area contributed by atoms with Gasteiger partial charge in [0.05, 0.1) is 5.69 Å². The minimum atomic E-state index is 0.413. The van der Waals surface area contributed by atoms with Gasteiger partial charge in [-0.3, -0.25) is 0 Å². The Morgan fingerprint density at radius 1 is 1.12 bits per heavy atom. The van der Waals surface area contributed by atoms with Gasteiger partial charge >= 0.3 is 0 Å². The van der Waals surface area contributed by atoms with Crippen molar-refractivity contribution < 1.29 is 0 Å². The number of para-hydroxylation sites is 1. The van der Waals surface area contributed by atoms with E-state index in [2.05, 4.69) is 40.8 Å². The number of hydrogen-bond donors (Lipinski definition) is 3. The fourth-order valence-electron chi connectivity index (χ4n) is 2.67. The van der Waals surface area contributed by atoms with Crippen LogP contribution in [0.5, 0.6) is 0 Å². The van der Waals surface area contributed by atoms with E-state index in [1.807, 2.05) is 0 Å². The minimum absolute atomic E-state index is 0.413. The molecule has 1 saturated carbocycles. The summed E-state index contributed by atoms with van der Waals surface area (Å²) in [5.41, 5.74) is 8.35. The van der Waals surface area contributed by atoms with Gasteiger partial charge < -0.3 is 16.0 Å². The van der Waals surface area contributed by atoms with Gasteiger partial charge in [0.15, 0.2) is 0 Å². The highest BCUT2D eigenvalue weighted by atomic mass is 14.9. The van der Waals surface area contributed by atoms with E-state index in [9.17, 15) is 0 Å². The van der Waals surface area contributed by atoms with Crippen molar-refractivity contribution in [3.8, 4) is 0 Å². The highest BCUT2D eigenvalue weighted by Gasteiger charge is 2.18. The number of anilines is 1. The quantitative estimate of drug-likeness (QED) is 0.741. The third-order valence-electron chi connectivity index (χ3n) is 3.72. The van der Waals surface area contributed by atoms with Gasteiger partial charge in [-0.2, -0.15) is 0 Å². The van der Waals surface area contributed by atoms with Crippen molar-refractivity contribution in [2.24, 2.45) is 5.73 Å². The van der Waals surface area contributed by atoms with Crippen molar-refractivity contribution in [2.45, 2.75) is 37.8 Å². The van der Waals surface area contributed by atoms with Gasteiger partial charge in [0.1, 0.15) is 0 Å². The second-order valence-corrected chi connectivity index (χ2v) is 5.00. The van der Waals surface area contributed by atoms with Gasteiger partial charge in [-0.15, -0.1) is 0 Å². The molecular weight excluding hydrogens is 210 g/mol. The summed E-state index contributed by atoms with van der Waals surface area (Å²) in [6, 6.07) is 9.39. The molecule has 1 aliphatic rings. The van der Waals surface area contributed by atoms with Crippen LogP contribution in [0.1, 0.15) is 25.7 Å². The smallest absolute Gasteiger partial charge is 0.0600 e. The molecule has 1 aromatic heterocycles. The molecule has 0 atom stereocenters. The fraction of sp³-hybridized carbons (Fsp3) is 0.429. The van der Waals surface area contributed by atoms with Crippen LogP contribution in [0.2, 0.25) is 0 Å². The first-order valence-electron chi connectivity index (χ1n) is 6.41. The zero-order valence-corrected chi connectivity index (χ0v) is 9.95. The normalized spacial score (nSPS) is 25.0. The topological polar surface area (TPSA) is 53.8 Å². The van der Waals surface area contributed by atoms with Crippen LogP contribution in [0, 0.1) is 0 Å². The maximum Gasteiger partial charge on any atom is 0.0600 e. The molecule has 90 valence electrons. The maximum atomic E-state index is 5.93. The molecule has 17 heavy (non-hydrogen) atoms. The number of nitrogens with two attached hydrogens (primary N) is 1. The SMILES string of the molecule is NC1CCC(Nc2c[nH]c3ccccc23)CC1. The lowest BCUT2D eigenvalue weighted by Gasteiger charge is -2.27. The molecule has 1 aromatic carbocycles. The first-order chi connectivity index (χ1) is 8.33. The minimum Gasteiger partial charge on any atom is -0.381 e. The van der Waals surface area contributed by atoms with Crippen molar-refractivity contribution >= 4 is 16.6 Å². The number of aromatic nitrogens is 1. The van der Waals surface area contributed by atoms with Crippen LogP contribution in [0.15, 0.2) is 30.5 Å². The third-order valence-corrected chi connectivity index (χ3v) is 3.72. The Morgan fingerprint density at radius 3 is 2.71 bits per heavy atom. The Hall–Kier alpha value is -1.48. The van der Waals surface area contributed by atoms with Crippen LogP contribution < -0.4 is 11.1 Å². The molecule has 0 aliphatic heterocycles. The van der Waals surface area contributed by atoms with Crippen molar-refractivity contribution in [1.29, 1.82) is 0 Å². The van der Waals surface area contributed by atoms with E-state index in [1.165, 1.54) is 29.4 Å². The molecule has 1 fully saturated rings. The molecule has 3 heteroatoms. The van der Waals surface area contributed by atoms with Crippen molar-refractivity contribution in [2.75, 3.05) is 5.32 Å². The van der Waals surface area contributed by atoms with Gasteiger partial charge in [0, 0.05) is 29.2 Å². The van der Waals surface area contributed by atoms with E-state index in [4.69, 9.17) is 5.73 Å². The molecule has 3 nitrogen and oxygen atoms in total. The molecule has 0 bridgehead atoms. The zero-order valence-electron chi connectivity index (χ0n) is 9.95. The van der Waals surface area contributed by atoms with Crippen molar-refractivity contribution in [3.05, 3.63) is 30.5 Å². The van der Waals surface area contributed by atoms with Gasteiger partial charge in [0.2, 0.25) is 0 Å². The Morgan fingerprint density at radius 2 is 1.88 bits per heavy atom. The molecule has 2 aromatic rings. The summed E-state index contributed by atoms with van der Waals surface area (Å²) in [6.45, 7) is 0. The Balaban J connectivity index is 1.76. The number of rotatable bonds is 2. The molecule has 0 saturated heterocycles. The summed E-state index contributed by atoms with van der Waals surface area (Å²) in [6.07, 6.45) is 6.71. The van der Waals surface area contributed by atoms with Gasteiger partial charge in [-0.05, 0) is 31.7 Å². The third kappa shape index (κ3) is 2.15. The van der Waals surface area contributed by atoms with Crippen LogP contribution in [0.3, 0.4) is 0 Å². The first-order valence-corrected chi connectivity index (χ1v) is 6.41. The zero-order chi connectivity index (χ0) is 11.7.